The molecule has 2 nitrogen and oxygen atoms in total. The maximum Gasteiger partial charge on any atom is 0.0382 e. The Morgan fingerprint density at radius 3 is 1.61 bits per heavy atom. The van der Waals surface area contributed by atoms with Crippen LogP contribution >= 0.6 is 0 Å². The van der Waals surface area contributed by atoms with Gasteiger partial charge in [-0.1, -0.05) is 109 Å². The number of nitrogens with one attached hydrogen (secondary N) is 2. The Labute approximate surface area is 249 Å². The van der Waals surface area contributed by atoms with Crippen molar-refractivity contribution in [1.29, 1.82) is 0 Å². The summed E-state index contributed by atoms with van der Waals surface area (Å²) in [7, 11) is 0. The SMILES string of the molecule is CC1C(C)(C)Cc2ccccc2C1(C)C1C(C)(C)Nc2ccccc2C1(C)C1C(C)(C)Nc2ccccc2C1(C)C. The third-order valence-electron chi connectivity index (χ3n) is 12.3. The lowest BCUT2D eigenvalue weighted by Crippen LogP contribution is -2.72. The van der Waals surface area contributed by atoms with Crippen LogP contribution in [0.5, 0.6) is 0 Å². The van der Waals surface area contributed by atoms with E-state index in [9.17, 15) is 0 Å². The van der Waals surface area contributed by atoms with Gasteiger partial charge < -0.3 is 10.6 Å². The molecule has 2 N–H and O–H groups in total. The van der Waals surface area contributed by atoms with Crippen molar-refractivity contribution in [2.75, 3.05) is 10.6 Å². The van der Waals surface area contributed by atoms with Crippen molar-refractivity contribution in [3.8, 4) is 0 Å². The first-order valence-electron chi connectivity index (χ1n) is 15.8. The van der Waals surface area contributed by atoms with E-state index >= 15 is 0 Å². The molecule has 2 heteroatoms. The molecule has 41 heavy (non-hydrogen) atoms. The number of para-hydroxylation sites is 2. The van der Waals surface area contributed by atoms with Gasteiger partial charge in [0.2, 0.25) is 0 Å². The molecule has 0 amide bonds. The van der Waals surface area contributed by atoms with Gasteiger partial charge in [-0.15, -0.1) is 0 Å². The van der Waals surface area contributed by atoms with Gasteiger partial charge >= 0.3 is 0 Å². The topological polar surface area (TPSA) is 24.1 Å². The lowest BCUT2D eigenvalue weighted by molar-refractivity contribution is -0.0466. The van der Waals surface area contributed by atoms with Crippen LogP contribution in [0.15, 0.2) is 72.8 Å². The van der Waals surface area contributed by atoms with Gasteiger partial charge in [0.15, 0.2) is 0 Å². The summed E-state index contributed by atoms with van der Waals surface area (Å²) < 4.78 is 0. The van der Waals surface area contributed by atoms with Crippen LogP contribution in [0.25, 0.3) is 0 Å². The maximum atomic E-state index is 4.14. The predicted molar refractivity (Wildman–Crippen MR) is 176 cm³/mol. The Balaban J connectivity index is 1.72. The Kier molecular flexibility index (Phi) is 5.99. The molecule has 0 saturated carbocycles. The Hall–Kier alpha value is -2.74. The summed E-state index contributed by atoms with van der Waals surface area (Å²) in [6.45, 7) is 27.8. The van der Waals surface area contributed by atoms with Crippen LogP contribution in [0.3, 0.4) is 0 Å². The molecule has 3 aromatic rings. The van der Waals surface area contributed by atoms with E-state index in [1.54, 1.807) is 5.56 Å². The first-order valence-corrected chi connectivity index (χ1v) is 15.8. The fourth-order valence-electron chi connectivity index (χ4n) is 11.5. The molecule has 218 valence electrons. The Bertz CT molecular complexity index is 1490. The molecule has 6 rings (SSSR count). The number of anilines is 2. The van der Waals surface area contributed by atoms with Crippen molar-refractivity contribution in [2.45, 2.75) is 110 Å². The van der Waals surface area contributed by atoms with Gasteiger partial charge in [-0.2, -0.15) is 0 Å². The van der Waals surface area contributed by atoms with Crippen molar-refractivity contribution in [3.05, 3.63) is 95.1 Å². The molecule has 0 spiro atoms. The molecule has 0 aromatic heterocycles. The van der Waals surface area contributed by atoms with Crippen LogP contribution < -0.4 is 10.6 Å². The summed E-state index contributed by atoms with van der Waals surface area (Å²) in [4.78, 5) is 0. The van der Waals surface area contributed by atoms with Crippen LogP contribution in [0.4, 0.5) is 11.4 Å². The molecule has 2 aliphatic heterocycles. The lowest BCUT2D eigenvalue weighted by atomic mass is 9.37. The van der Waals surface area contributed by atoms with Crippen LogP contribution in [0, 0.1) is 23.2 Å². The van der Waals surface area contributed by atoms with Crippen LogP contribution in [0.2, 0.25) is 0 Å². The van der Waals surface area contributed by atoms with Gasteiger partial charge in [0.05, 0.1) is 0 Å². The van der Waals surface area contributed by atoms with E-state index in [1.165, 1.54) is 28.1 Å². The summed E-state index contributed by atoms with van der Waals surface area (Å²) in [5.74, 6) is 1.10. The number of hydrogen-bond acceptors (Lipinski definition) is 2. The van der Waals surface area contributed by atoms with Crippen LogP contribution in [-0.2, 0) is 22.7 Å². The van der Waals surface area contributed by atoms with E-state index in [2.05, 4.69) is 160 Å². The molecule has 2 heterocycles. The van der Waals surface area contributed by atoms with Crippen LogP contribution in [0.1, 0.15) is 98.4 Å². The summed E-state index contributed by atoms with van der Waals surface area (Å²) in [6.07, 6.45) is 1.13. The predicted octanol–water partition coefficient (Wildman–Crippen LogP) is 9.74. The second-order valence-corrected chi connectivity index (χ2v) is 16.5. The van der Waals surface area contributed by atoms with Crippen molar-refractivity contribution in [2.24, 2.45) is 23.2 Å². The first-order chi connectivity index (χ1) is 19.0. The van der Waals surface area contributed by atoms with Crippen molar-refractivity contribution < 1.29 is 0 Å². The van der Waals surface area contributed by atoms with Crippen LogP contribution in [-0.4, -0.2) is 11.1 Å². The molecule has 3 aliphatic rings. The minimum atomic E-state index is -0.164. The molecule has 0 radical (unpaired) electrons. The second kappa shape index (κ2) is 8.65. The Morgan fingerprint density at radius 1 is 0.537 bits per heavy atom. The van der Waals surface area contributed by atoms with E-state index in [0.29, 0.717) is 17.8 Å². The summed E-state index contributed by atoms with van der Waals surface area (Å²) in [5, 5.41) is 8.22. The van der Waals surface area contributed by atoms with Gasteiger partial charge in [0, 0.05) is 45.1 Å². The minimum absolute atomic E-state index is 0.0673. The number of benzene rings is 3. The fourth-order valence-corrected chi connectivity index (χ4v) is 11.5. The van der Waals surface area contributed by atoms with Gasteiger partial charge in [-0.05, 0) is 85.3 Å². The van der Waals surface area contributed by atoms with Crippen molar-refractivity contribution in [3.63, 3.8) is 0 Å². The standard InChI is InChI=1S/C39H52N2/c1-25-34(2,3)24-26-18-12-13-19-27(26)38(25,10)33-37(8,9)41-31-23-17-15-21-29(31)39(33,11)32-35(4,5)28-20-14-16-22-30(28)40-36(32,6)7/h12-23,25,32-33,40-41H,24H2,1-11H3. The molecule has 5 atom stereocenters. The van der Waals surface area contributed by atoms with E-state index in [4.69, 9.17) is 0 Å². The monoisotopic (exact) mass is 548 g/mol. The normalized spacial score (nSPS) is 33.8. The molecule has 0 bridgehead atoms. The van der Waals surface area contributed by atoms with E-state index in [1.807, 2.05) is 0 Å². The minimum Gasteiger partial charge on any atom is -0.380 e. The van der Waals surface area contributed by atoms with E-state index in [0.717, 1.165) is 6.42 Å². The summed E-state index contributed by atoms with van der Waals surface area (Å²) in [5.41, 5.74) is 8.13. The lowest BCUT2D eigenvalue weighted by Gasteiger charge is -2.69. The zero-order valence-corrected chi connectivity index (χ0v) is 27.4. The Morgan fingerprint density at radius 2 is 1.00 bits per heavy atom. The van der Waals surface area contributed by atoms with Gasteiger partial charge in [0.1, 0.15) is 0 Å². The van der Waals surface area contributed by atoms with E-state index in [-0.39, 0.29) is 32.7 Å². The molecule has 5 unspecified atom stereocenters. The molecule has 0 saturated heterocycles. The number of fused-ring (bicyclic) bond motifs is 3. The highest BCUT2D eigenvalue weighted by Crippen LogP contribution is 2.68. The highest BCUT2D eigenvalue weighted by Gasteiger charge is 2.68. The second-order valence-electron chi connectivity index (χ2n) is 16.5. The van der Waals surface area contributed by atoms with Gasteiger partial charge in [0.25, 0.3) is 0 Å². The molecular formula is C39H52N2. The fraction of sp³-hybridized carbons (Fsp3) is 0.538. The molecule has 1 aliphatic carbocycles. The number of rotatable bonds is 2. The molecule has 0 fully saturated rings. The third-order valence-corrected chi connectivity index (χ3v) is 12.3. The van der Waals surface area contributed by atoms with Crippen molar-refractivity contribution in [1.82, 2.24) is 0 Å². The summed E-state index contributed by atoms with van der Waals surface area (Å²) in [6, 6.07) is 27.7. The summed E-state index contributed by atoms with van der Waals surface area (Å²) >= 11 is 0. The largest absolute Gasteiger partial charge is 0.380 e. The molecule has 3 aromatic carbocycles. The number of hydrogen-bond donors (Lipinski definition) is 2. The maximum absolute atomic E-state index is 4.14. The third kappa shape index (κ3) is 3.74. The smallest absolute Gasteiger partial charge is 0.0382 e. The van der Waals surface area contributed by atoms with E-state index < -0.39 is 0 Å². The highest BCUT2D eigenvalue weighted by molar-refractivity contribution is 5.66. The zero-order chi connectivity index (χ0) is 29.8. The van der Waals surface area contributed by atoms with Gasteiger partial charge in [-0.25, -0.2) is 0 Å². The zero-order valence-electron chi connectivity index (χ0n) is 27.4. The highest BCUT2D eigenvalue weighted by atomic mass is 15.1. The first kappa shape index (κ1) is 28.4. The van der Waals surface area contributed by atoms with Crippen molar-refractivity contribution >= 4 is 11.4 Å². The van der Waals surface area contributed by atoms with Gasteiger partial charge in [-0.3, -0.25) is 0 Å². The molecular weight excluding hydrogens is 496 g/mol. The quantitative estimate of drug-likeness (QED) is 0.333. The average molecular weight is 549 g/mol. The average Bonchev–Trinajstić information content (AvgIpc) is 2.86.